The predicted molar refractivity (Wildman–Crippen MR) is 81.1 cm³/mol. The molecule has 5 heteroatoms. The van der Waals surface area contributed by atoms with E-state index in [-0.39, 0.29) is 5.04 Å². The van der Waals surface area contributed by atoms with Crippen molar-refractivity contribution >= 4 is 21.6 Å². The summed E-state index contributed by atoms with van der Waals surface area (Å²) in [7, 11) is 0.356. The molecular weight excluding hydrogens is 241 g/mol. The van der Waals surface area contributed by atoms with Crippen molar-refractivity contribution in [3.63, 3.8) is 0 Å². The molecule has 0 radical (unpaired) electrons. The van der Waals surface area contributed by atoms with Crippen LogP contribution in [0.2, 0.25) is 18.1 Å². The molecule has 3 nitrogen and oxygen atoms in total. The van der Waals surface area contributed by atoms with Crippen molar-refractivity contribution in [2.45, 2.75) is 38.9 Å². The fraction of sp³-hybridized carbons (Fsp3) is 0.615. The first-order valence-corrected chi connectivity index (χ1v) is 9.31. The standard InChI is InChI=1S/C13H24BNO2Si/c1-13(2,3)18(4,5)17-7-6-16-12-8-11(14)9-15-10-12/h8-10H,6-7,14H2,1-5H3. The summed E-state index contributed by atoms with van der Waals surface area (Å²) in [4.78, 5) is 4.09. The molecule has 0 fully saturated rings. The van der Waals surface area contributed by atoms with Gasteiger partial charge in [0.1, 0.15) is 20.2 Å². The van der Waals surface area contributed by atoms with E-state index in [1.807, 2.05) is 20.1 Å². The van der Waals surface area contributed by atoms with Crippen LogP contribution in [0.1, 0.15) is 20.8 Å². The van der Waals surface area contributed by atoms with Gasteiger partial charge in [0.15, 0.2) is 8.32 Å². The smallest absolute Gasteiger partial charge is 0.192 e. The predicted octanol–water partition coefficient (Wildman–Crippen LogP) is 1.74. The molecule has 0 saturated heterocycles. The second kappa shape index (κ2) is 5.89. The molecule has 0 aromatic carbocycles. The van der Waals surface area contributed by atoms with Crippen LogP contribution in [-0.4, -0.2) is 34.4 Å². The van der Waals surface area contributed by atoms with Crippen molar-refractivity contribution in [2.75, 3.05) is 13.2 Å². The van der Waals surface area contributed by atoms with Gasteiger partial charge in [-0.2, -0.15) is 0 Å². The minimum atomic E-state index is -1.65. The minimum absolute atomic E-state index is 0.248. The molecule has 0 aliphatic carbocycles. The molecule has 0 aliphatic rings. The monoisotopic (exact) mass is 265 g/mol. The molecule has 100 valence electrons. The normalized spacial score (nSPS) is 12.5. The number of nitrogens with zero attached hydrogens (tertiary/aromatic N) is 1. The van der Waals surface area contributed by atoms with Crippen molar-refractivity contribution in [1.82, 2.24) is 4.98 Å². The second-order valence-electron chi connectivity index (χ2n) is 6.16. The van der Waals surface area contributed by atoms with E-state index >= 15 is 0 Å². The maximum atomic E-state index is 6.04. The summed E-state index contributed by atoms with van der Waals surface area (Å²) in [6.45, 7) is 12.4. The van der Waals surface area contributed by atoms with E-state index in [0.717, 1.165) is 11.2 Å². The number of hydrogen-bond acceptors (Lipinski definition) is 3. The van der Waals surface area contributed by atoms with Crippen LogP contribution in [0.3, 0.4) is 0 Å². The molecule has 0 saturated carbocycles. The van der Waals surface area contributed by atoms with E-state index in [0.29, 0.717) is 13.2 Å². The van der Waals surface area contributed by atoms with Crippen molar-refractivity contribution in [2.24, 2.45) is 0 Å². The van der Waals surface area contributed by atoms with Crippen LogP contribution in [0, 0.1) is 0 Å². The number of ether oxygens (including phenoxy) is 1. The summed E-state index contributed by atoms with van der Waals surface area (Å²) < 4.78 is 11.7. The Morgan fingerprint density at radius 2 is 1.89 bits per heavy atom. The van der Waals surface area contributed by atoms with E-state index in [1.54, 1.807) is 6.20 Å². The van der Waals surface area contributed by atoms with Gasteiger partial charge in [-0.15, -0.1) is 0 Å². The van der Waals surface area contributed by atoms with Gasteiger partial charge in [-0.1, -0.05) is 26.2 Å². The number of aromatic nitrogens is 1. The minimum Gasteiger partial charge on any atom is -0.490 e. The zero-order valence-electron chi connectivity index (χ0n) is 12.4. The second-order valence-corrected chi connectivity index (χ2v) is 11.0. The molecule has 1 heterocycles. The zero-order chi connectivity index (χ0) is 13.8. The maximum Gasteiger partial charge on any atom is 0.192 e. The molecule has 0 bridgehead atoms. The van der Waals surface area contributed by atoms with Gasteiger partial charge in [-0.25, -0.2) is 0 Å². The molecule has 1 rings (SSSR count). The summed E-state index contributed by atoms with van der Waals surface area (Å²) in [6.07, 6.45) is 3.55. The summed E-state index contributed by atoms with van der Waals surface area (Å²) in [5, 5.41) is 0.248. The quantitative estimate of drug-likeness (QED) is 0.600. The molecule has 1 aromatic rings. The molecule has 0 amide bonds. The van der Waals surface area contributed by atoms with Gasteiger partial charge >= 0.3 is 0 Å². The lowest BCUT2D eigenvalue weighted by molar-refractivity contribution is 0.203. The fourth-order valence-electron chi connectivity index (χ4n) is 1.28. The van der Waals surface area contributed by atoms with Crippen LogP contribution < -0.4 is 10.2 Å². The molecule has 0 spiro atoms. The highest BCUT2D eigenvalue weighted by Gasteiger charge is 2.36. The van der Waals surface area contributed by atoms with Crippen LogP contribution in [0.4, 0.5) is 0 Å². The van der Waals surface area contributed by atoms with Crippen molar-refractivity contribution < 1.29 is 9.16 Å². The first-order valence-electron chi connectivity index (χ1n) is 6.41. The zero-order valence-corrected chi connectivity index (χ0v) is 13.4. The van der Waals surface area contributed by atoms with Crippen LogP contribution in [-0.2, 0) is 4.43 Å². The number of hydrogen-bond donors (Lipinski definition) is 0. The largest absolute Gasteiger partial charge is 0.490 e. The van der Waals surface area contributed by atoms with E-state index in [9.17, 15) is 0 Å². The van der Waals surface area contributed by atoms with Crippen molar-refractivity contribution in [1.29, 1.82) is 0 Å². The van der Waals surface area contributed by atoms with Gasteiger partial charge in [-0.3, -0.25) is 4.98 Å². The highest BCUT2D eigenvalue weighted by atomic mass is 28.4. The Labute approximate surface area is 112 Å². The molecule has 0 N–H and O–H groups in total. The Kier molecular flexibility index (Phi) is 4.99. The first-order chi connectivity index (χ1) is 8.22. The molecular formula is C13H24BNO2Si. The highest BCUT2D eigenvalue weighted by molar-refractivity contribution is 6.74. The number of rotatable bonds is 5. The Morgan fingerprint density at radius 3 is 2.44 bits per heavy atom. The van der Waals surface area contributed by atoms with Crippen molar-refractivity contribution in [3.05, 3.63) is 18.5 Å². The Bertz CT molecular complexity index is 391. The van der Waals surface area contributed by atoms with E-state index in [1.165, 1.54) is 0 Å². The third-order valence-corrected chi connectivity index (χ3v) is 8.01. The van der Waals surface area contributed by atoms with Crippen LogP contribution in [0.25, 0.3) is 0 Å². The third-order valence-electron chi connectivity index (χ3n) is 3.47. The summed E-state index contributed by atoms with van der Waals surface area (Å²) >= 11 is 0. The van der Waals surface area contributed by atoms with Crippen LogP contribution in [0.15, 0.2) is 18.5 Å². The lowest BCUT2D eigenvalue weighted by Gasteiger charge is -2.36. The van der Waals surface area contributed by atoms with Gasteiger partial charge in [0, 0.05) is 6.20 Å². The van der Waals surface area contributed by atoms with Gasteiger partial charge in [0.05, 0.1) is 12.8 Å². The first kappa shape index (κ1) is 15.2. The summed E-state index contributed by atoms with van der Waals surface area (Å²) in [5.41, 5.74) is 1.11. The lowest BCUT2D eigenvalue weighted by atomic mass is 9.99. The van der Waals surface area contributed by atoms with E-state index in [2.05, 4.69) is 38.8 Å². The summed E-state index contributed by atoms with van der Waals surface area (Å²) in [5.74, 6) is 0.814. The topological polar surface area (TPSA) is 31.4 Å². The lowest BCUT2D eigenvalue weighted by Crippen LogP contribution is -2.41. The molecule has 0 unspecified atom stereocenters. The van der Waals surface area contributed by atoms with Crippen molar-refractivity contribution in [3.8, 4) is 5.75 Å². The van der Waals surface area contributed by atoms with Gasteiger partial charge in [0.2, 0.25) is 0 Å². The molecule has 1 aromatic heterocycles. The average Bonchev–Trinajstić information content (AvgIpc) is 2.23. The van der Waals surface area contributed by atoms with Gasteiger partial charge in [0.25, 0.3) is 0 Å². The van der Waals surface area contributed by atoms with Crippen LogP contribution in [0.5, 0.6) is 5.75 Å². The van der Waals surface area contributed by atoms with Crippen LogP contribution >= 0.6 is 0 Å². The maximum absolute atomic E-state index is 6.04. The average molecular weight is 265 g/mol. The molecule has 0 atom stereocenters. The fourth-order valence-corrected chi connectivity index (χ4v) is 2.31. The SMILES string of the molecule is Bc1cncc(OCCO[Si](C)(C)C(C)(C)C)c1. The third kappa shape index (κ3) is 4.46. The Balaban J connectivity index is 2.35. The highest BCUT2D eigenvalue weighted by Crippen LogP contribution is 2.36. The Hall–Kier alpha value is -0.808. The molecule has 0 aliphatic heterocycles. The molecule has 18 heavy (non-hydrogen) atoms. The van der Waals surface area contributed by atoms with Gasteiger partial charge in [-0.05, 0) is 24.2 Å². The van der Waals surface area contributed by atoms with Gasteiger partial charge < -0.3 is 9.16 Å². The van der Waals surface area contributed by atoms with E-state index in [4.69, 9.17) is 9.16 Å². The summed E-state index contributed by atoms with van der Waals surface area (Å²) in [6, 6.07) is 1.99. The number of pyridine rings is 1. The van der Waals surface area contributed by atoms with E-state index < -0.39 is 8.32 Å². The Morgan fingerprint density at radius 1 is 1.22 bits per heavy atom.